The van der Waals surface area contributed by atoms with Crippen LogP contribution in [0.15, 0.2) is 42.5 Å². The van der Waals surface area contributed by atoms with Crippen LogP contribution in [0.2, 0.25) is 0 Å². The lowest BCUT2D eigenvalue weighted by Crippen LogP contribution is -2.32. The summed E-state index contributed by atoms with van der Waals surface area (Å²) in [5.74, 6) is 6.14. The van der Waals surface area contributed by atoms with Gasteiger partial charge < -0.3 is 4.74 Å². The van der Waals surface area contributed by atoms with E-state index >= 15 is 0 Å². The second-order valence-corrected chi connectivity index (χ2v) is 5.38. The topological polar surface area (TPSA) is 47.3 Å². The molecule has 3 N–H and O–H groups in total. The fourth-order valence-corrected chi connectivity index (χ4v) is 3.25. The van der Waals surface area contributed by atoms with Gasteiger partial charge in [-0.05, 0) is 30.0 Å². The molecule has 3 rings (SSSR count). The minimum absolute atomic E-state index is 0.189. The first kappa shape index (κ1) is 14.0. The predicted molar refractivity (Wildman–Crippen MR) is 80.5 cm³/mol. The fraction of sp³-hybridized carbons (Fsp3) is 0.294. The first-order valence-corrected chi connectivity index (χ1v) is 7.12. The number of fused-ring (bicyclic) bond motifs is 1. The van der Waals surface area contributed by atoms with Crippen molar-refractivity contribution in [3.05, 3.63) is 65.0 Å². The largest absolute Gasteiger partial charge is 0.497 e. The van der Waals surface area contributed by atoms with Crippen LogP contribution in [0.4, 0.5) is 4.39 Å². The van der Waals surface area contributed by atoms with Crippen LogP contribution in [0, 0.1) is 5.82 Å². The number of hydrogen-bond acceptors (Lipinski definition) is 3. The van der Waals surface area contributed by atoms with Gasteiger partial charge in [0.2, 0.25) is 0 Å². The second kappa shape index (κ2) is 5.84. The zero-order valence-corrected chi connectivity index (χ0v) is 12.0. The highest BCUT2D eigenvalue weighted by Crippen LogP contribution is 2.42. The molecule has 0 radical (unpaired) electrons. The summed E-state index contributed by atoms with van der Waals surface area (Å²) in [4.78, 5) is 0. The van der Waals surface area contributed by atoms with Crippen molar-refractivity contribution in [1.29, 1.82) is 0 Å². The normalized spacial score (nSPS) is 18.3. The van der Waals surface area contributed by atoms with Crippen molar-refractivity contribution >= 4 is 0 Å². The number of ether oxygens (including phenoxy) is 1. The molecule has 1 aliphatic rings. The standard InChI is InChI=1S/C17H19FN2O/c1-21-12-7-9-15(16(18)10-12)17(20-19)14-8-6-11-4-2-3-5-13(11)14/h2-5,7,9-10,14,17,20H,6,8,19H2,1H3. The summed E-state index contributed by atoms with van der Waals surface area (Å²) in [6.45, 7) is 0. The molecule has 1 aliphatic carbocycles. The maximum Gasteiger partial charge on any atom is 0.131 e. The molecule has 0 aliphatic heterocycles. The minimum atomic E-state index is -0.290. The number of methoxy groups -OCH3 is 1. The van der Waals surface area contributed by atoms with E-state index in [0.29, 0.717) is 11.3 Å². The van der Waals surface area contributed by atoms with Gasteiger partial charge in [-0.2, -0.15) is 0 Å². The van der Waals surface area contributed by atoms with E-state index < -0.39 is 0 Å². The average molecular weight is 286 g/mol. The molecule has 0 heterocycles. The Kier molecular flexibility index (Phi) is 3.90. The van der Waals surface area contributed by atoms with Crippen LogP contribution >= 0.6 is 0 Å². The molecule has 0 saturated heterocycles. The van der Waals surface area contributed by atoms with Crippen molar-refractivity contribution in [2.45, 2.75) is 24.8 Å². The second-order valence-electron chi connectivity index (χ2n) is 5.38. The number of nitrogens with one attached hydrogen (secondary N) is 1. The minimum Gasteiger partial charge on any atom is -0.497 e. The van der Waals surface area contributed by atoms with E-state index in [4.69, 9.17) is 10.6 Å². The molecule has 2 aromatic carbocycles. The van der Waals surface area contributed by atoms with Gasteiger partial charge in [0.05, 0.1) is 13.2 Å². The Hall–Kier alpha value is -1.91. The molecule has 0 saturated carbocycles. The zero-order chi connectivity index (χ0) is 14.8. The van der Waals surface area contributed by atoms with Crippen molar-refractivity contribution in [3.8, 4) is 5.75 Å². The molecular weight excluding hydrogens is 267 g/mol. The van der Waals surface area contributed by atoms with E-state index in [2.05, 4.69) is 17.6 Å². The first-order valence-electron chi connectivity index (χ1n) is 7.12. The van der Waals surface area contributed by atoms with Crippen LogP contribution in [0.25, 0.3) is 0 Å². The zero-order valence-electron chi connectivity index (χ0n) is 12.0. The molecule has 4 heteroatoms. The molecule has 2 atom stereocenters. The average Bonchev–Trinajstić information content (AvgIpc) is 2.94. The van der Waals surface area contributed by atoms with E-state index in [-0.39, 0.29) is 17.8 Å². The summed E-state index contributed by atoms with van der Waals surface area (Å²) in [6, 6.07) is 13.0. The molecule has 110 valence electrons. The Labute approximate surface area is 123 Å². The van der Waals surface area contributed by atoms with Gasteiger partial charge in [0.15, 0.2) is 0 Å². The fourth-order valence-electron chi connectivity index (χ4n) is 3.25. The number of aryl methyl sites for hydroxylation is 1. The summed E-state index contributed by atoms with van der Waals surface area (Å²) in [7, 11) is 1.53. The van der Waals surface area contributed by atoms with Gasteiger partial charge in [0, 0.05) is 17.5 Å². The van der Waals surface area contributed by atoms with Gasteiger partial charge in [0.25, 0.3) is 0 Å². The van der Waals surface area contributed by atoms with Gasteiger partial charge in [-0.25, -0.2) is 4.39 Å². The maximum atomic E-state index is 14.3. The van der Waals surface area contributed by atoms with E-state index in [0.717, 1.165) is 12.8 Å². The summed E-state index contributed by atoms with van der Waals surface area (Å²) >= 11 is 0. The molecular formula is C17H19FN2O. The van der Waals surface area contributed by atoms with Gasteiger partial charge in [-0.1, -0.05) is 30.3 Å². The van der Waals surface area contributed by atoms with Crippen LogP contribution in [0.1, 0.15) is 35.1 Å². The summed E-state index contributed by atoms with van der Waals surface area (Å²) in [5, 5.41) is 0. The lowest BCUT2D eigenvalue weighted by Gasteiger charge is -2.25. The molecule has 0 aromatic heterocycles. The predicted octanol–water partition coefficient (Wildman–Crippen LogP) is 3.07. The summed E-state index contributed by atoms with van der Waals surface area (Å²) < 4.78 is 19.4. The molecule has 0 amide bonds. The smallest absolute Gasteiger partial charge is 0.131 e. The maximum absolute atomic E-state index is 14.3. The third kappa shape index (κ3) is 2.52. The number of hydrogen-bond donors (Lipinski definition) is 2. The number of hydrazine groups is 1. The molecule has 0 bridgehead atoms. The molecule has 21 heavy (non-hydrogen) atoms. The van der Waals surface area contributed by atoms with E-state index in [1.54, 1.807) is 12.1 Å². The Bertz CT molecular complexity index is 644. The summed E-state index contributed by atoms with van der Waals surface area (Å²) in [5.41, 5.74) is 5.97. The highest BCUT2D eigenvalue weighted by atomic mass is 19.1. The molecule has 0 spiro atoms. The monoisotopic (exact) mass is 286 g/mol. The quantitative estimate of drug-likeness (QED) is 0.671. The van der Waals surface area contributed by atoms with Gasteiger partial charge in [-0.3, -0.25) is 11.3 Å². The Balaban J connectivity index is 1.97. The van der Waals surface area contributed by atoms with Crippen molar-refractivity contribution in [1.82, 2.24) is 5.43 Å². The third-order valence-corrected chi connectivity index (χ3v) is 4.30. The molecule has 0 fully saturated rings. The van der Waals surface area contributed by atoms with Crippen molar-refractivity contribution in [3.63, 3.8) is 0 Å². The van der Waals surface area contributed by atoms with Gasteiger partial charge in [-0.15, -0.1) is 0 Å². The van der Waals surface area contributed by atoms with Crippen molar-refractivity contribution in [2.75, 3.05) is 7.11 Å². The van der Waals surface area contributed by atoms with Crippen molar-refractivity contribution < 1.29 is 9.13 Å². The Morgan fingerprint density at radius 2 is 2.10 bits per heavy atom. The lowest BCUT2D eigenvalue weighted by atomic mass is 9.88. The van der Waals surface area contributed by atoms with Crippen LogP contribution in [-0.4, -0.2) is 7.11 Å². The third-order valence-electron chi connectivity index (χ3n) is 4.30. The highest BCUT2D eigenvalue weighted by molar-refractivity contribution is 5.39. The highest BCUT2D eigenvalue weighted by Gasteiger charge is 2.31. The Morgan fingerprint density at radius 1 is 1.29 bits per heavy atom. The first-order chi connectivity index (χ1) is 10.2. The van der Waals surface area contributed by atoms with Crippen molar-refractivity contribution in [2.24, 2.45) is 5.84 Å². The number of halogens is 1. The lowest BCUT2D eigenvalue weighted by molar-refractivity contribution is 0.404. The SMILES string of the molecule is COc1ccc(C(NN)C2CCc3ccccc32)c(F)c1. The molecule has 2 unspecified atom stereocenters. The van der Waals surface area contributed by atoms with Crippen LogP contribution in [0.5, 0.6) is 5.75 Å². The summed E-state index contributed by atoms with van der Waals surface area (Å²) in [6.07, 6.45) is 1.98. The van der Waals surface area contributed by atoms with Crippen LogP contribution in [0.3, 0.4) is 0 Å². The van der Waals surface area contributed by atoms with Crippen LogP contribution < -0.4 is 16.0 Å². The number of benzene rings is 2. The van der Waals surface area contributed by atoms with E-state index in [1.165, 1.54) is 24.3 Å². The van der Waals surface area contributed by atoms with Gasteiger partial charge >= 0.3 is 0 Å². The number of nitrogens with two attached hydrogens (primary N) is 1. The Morgan fingerprint density at radius 3 is 2.81 bits per heavy atom. The van der Waals surface area contributed by atoms with Gasteiger partial charge in [0.1, 0.15) is 11.6 Å². The number of rotatable bonds is 4. The van der Waals surface area contributed by atoms with E-state index in [1.807, 2.05) is 12.1 Å². The van der Waals surface area contributed by atoms with E-state index in [9.17, 15) is 4.39 Å². The van der Waals surface area contributed by atoms with Crippen LogP contribution in [-0.2, 0) is 6.42 Å². The molecule has 3 nitrogen and oxygen atoms in total. The molecule has 2 aromatic rings.